The highest BCUT2D eigenvalue weighted by Crippen LogP contribution is 2.40. The highest BCUT2D eigenvalue weighted by Gasteiger charge is 2.39. The lowest BCUT2D eigenvalue weighted by molar-refractivity contribution is 0.249. The standard InChI is InChI=1S/C21H28N4S.HI/c1-22-21(24-18-14-17(18)16-8-3-2-4-9-16)23-15-19(20-10-7-13-26-20)25-11-5-6-12-25;/h2-4,7-10,13,17-19H,5-6,11-12,14-15H2,1H3,(H2,22,23,24);1H. The number of hydrogen-bond acceptors (Lipinski definition) is 3. The number of thiophene rings is 1. The van der Waals surface area contributed by atoms with Gasteiger partial charge in [0.25, 0.3) is 0 Å². The summed E-state index contributed by atoms with van der Waals surface area (Å²) >= 11 is 1.86. The van der Waals surface area contributed by atoms with Gasteiger partial charge in [-0.2, -0.15) is 0 Å². The Kier molecular flexibility index (Phi) is 7.55. The monoisotopic (exact) mass is 496 g/mol. The molecular formula is C21H29IN4S. The van der Waals surface area contributed by atoms with Gasteiger partial charge in [-0.1, -0.05) is 36.4 Å². The summed E-state index contributed by atoms with van der Waals surface area (Å²) in [5.41, 5.74) is 1.42. The van der Waals surface area contributed by atoms with Crippen LogP contribution in [0.2, 0.25) is 0 Å². The van der Waals surface area contributed by atoms with Gasteiger partial charge in [-0.05, 0) is 49.4 Å². The quantitative estimate of drug-likeness (QED) is 0.358. The van der Waals surface area contributed by atoms with Crippen LogP contribution >= 0.6 is 35.3 Å². The Morgan fingerprint density at radius 3 is 2.63 bits per heavy atom. The zero-order chi connectivity index (χ0) is 17.8. The molecule has 4 nitrogen and oxygen atoms in total. The third kappa shape index (κ3) is 5.23. The summed E-state index contributed by atoms with van der Waals surface area (Å²) in [6, 6.07) is 16.1. The molecule has 0 spiro atoms. The van der Waals surface area contributed by atoms with Gasteiger partial charge in [-0.25, -0.2) is 0 Å². The predicted octanol–water partition coefficient (Wildman–Crippen LogP) is 4.22. The van der Waals surface area contributed by atoms with Crippen LogP contribution in [-0.2, 0) is 0 Å². The Morgan fingerprint density at radius 1 is 1.19 bits per heavy atom. The van der Waals surface area contributed by atoms with Crippen LogP contribution in [0.5, 0.6) is 0 Å². The van der Waals surface area contributed by atoms with E-state index in [0.29, 0.717) is 18.0 Å². The smallest absolute Gasteiger partial charge is 0.191 e. The van der Waals surface area contributed by atoms with Crippen molar-refractivity contribution in [1.82, 2.24) is 15.5 Å². The first-order chi connectivity index (χ1) is 12.8. The largest absolute Gasteiger partial charge is 0.354 e. The van der Waals surface area contributed by atoms with Crippen molar-refractivity contribution >= 4 is 41.3 Å². The third-order valence-electron chi connectivity index (χ3n) is 5.48. The molecule has 1 aliphatic heterocycles. The highest BCUT2D eigenvalue weighted by atomic mass is 127. The van der Waals surface area contributed by atoms with E-state index in [0.717, 1.165) is 12.5 Å². The van der Waals surface area contributed by atoms with Gasteiger partial charge in [0.2, 0.25) is 0 Å². The normalized spacial score (nSPS) is 23.5. The van der Waals surface area contributed by atoms with Gasteiger partial charge < -0.3 is 10.6 Å². The fourth-order valence-corrected chi connectivity index (χ4v) is 4.79. The van der Waals surface area contributed by atoms with Crippen LogP contribution in [0, 0.1) is 0 Å². The van der Waals surface area contributed by atoms with Crippen LogP contribution in [0.4, 0.5) is 0 Å². The van der Waals surface area contributed by atoms with E-state index < -0.39 is 0 Å². The highest BCUT2D eigenvalue weighted by molar-refractivity contribution is 14.0. The van der Waals surface area contributed by atoms with Crippen molar-refractivity contribution in [2.24, 2.45) is 4.99 Å². The van der Waals surface area contributed by atoms with Crippen molar-refractivity contribution in [3.05, 3.63) is 58.3 Å². The van der Waals surface area contributed by atoms with E-state index in [9.17, 15) is 0 Å². The number of hydrogen-bond donors (Lipinski definition) is 2. The van der Waals surface area contributed by atoms with E-state index in [-0.39, 0.29) is 24.0 Å². The Hall–Kier alpha value is -1.12. The van der Waals surface area contributed by atoms with Crippen LogP contribution in [0.25, 0.3) is 0 Å². The second kappa shape index (κ2) is 9.89. The molecule has 2 heterocycles. The lowest BCUT2D eigenvalue weighted by Crippen LogP contribution is -2.43. The number of halogens is 1. The minimum Gasteiger partial charge on any atom is -0.354 e. The second-order valence-electron chi connectivity index (χ2n) is 7.23. The average molecular weight is 496 g/mol. The molecule has 2 fully saturated rings. The summed E-state index contributed by atoms with van der Waals surface area (Å²) in [5.74, 6) is 1.54. The van der Waals surface area contributed by atoms with Crippen LogP contribution < -0.4 is 10.6 Å². The van der Waals surface area contributed by atoms with Gasteiger partial charge in [0.05, 0.1) is 6.04 Å². The number of likely N-dealkylation sites (tertiary alicyclic amines) is 1. The molecule has 0 amide bonds. The summed E-state index contributed by atoms with van der Waals surface area (Å²) in [5, 5.41) is 9.37. The van der Waals surface area contributed by atoms with E-state index in [1.807, 2.05) is 18.4 Å². The number of aliphatic imine (C=N–C) groups is 1. The molecule has 1 saturated heterocycles. The van der Waals surface area contributed by atoms with Crippen molar-refractivity contribution in [1.29, 1.82) is 0 Å². The SMILES string of the molecule is CN=C(NCC(c1cccs1)N1CCCC1)NC1CC1c1ccccc1.I. The maximum absolute atomic E-state index is 4.46. The summed E-state index contributed by atoms with van der Waals surface area (Å²) in [6.45, 7) is 3.31. The van der Waals surface area contributed by atoms with Crippen LogP contribution in [0.1, 0.15) is 41.7 Å². The van der Waals surface area contributed by atoms with Crippen molar-refractivity contribution in [3.63, 3.8) is 0 Å². The first kappa shape index (κ1) is 20.6. The number of rotatable bonds is 6. The van der Waals surface area contributed by atoms with E-state index >= 15 is 0 Å². The molecular weight excluding hydrogens is 467 g/mol. The molecule has 3 atom stereocenters. The molecule has 1 aromatic carbocycles. The molecule has 2 N–H and O–H groups in total. The Balaban J connectivity index is 0.00000210. The molecule has 1 aromatic heterocycles. The van der Waals surface area contributed by atoms with E-state index in [1.165, 1.54) is 42.8 Å². The second-order valence-corrected chi connectivity index (χ2v) is 8.21. The molecule has 0 bridgehead atoms. The minimum atomic E-state index is 0. The fourth-order valence-electron chi connectivity index (χ4n) is 3.93. The van der Waals surface area contributed by atoms with Crippen molar-refractivity contribution in [2.45, 2.75) is 37.3 Å². The average Bonchev–Trinajstić information content (AvgIpc) is 3.09. The zero-order valence-corrected chi connectivity index (χ0v) is 19.0. The van der Waals surface area contributed by atoms with Gasteiger partial charge in [-0.3, -0.25) is 9.89 Å². The van der Waals surface area contributed by atoms with Gasteiger partial charge in [-0.15, -0.1) is 35.3 Å². The molecule has 0 radical (unpaired) electrons. The molecule has 2 aliphatic rings. The van der Waals surface area contributed by atoms with Crippen LogP contribution in [0.15, 0.2) is 52.8 Å². The first-order valence-electron chi connectivity index (χ1n) is 9.64. The summed E-state index contributed by atoms with van der Waals surface area (Å²) in [4.78, 5) is 8.51. The van der Waals surface area contributed by atoms with Crippen molar-refractivity contribution in [2.75, 3.05) is 26.7 Å². The number of nitrogens with one attached hydrogen (secondary N) is 2. The molecule has 4 rings (SSSR count). The molecule has 1 saturated carbocycles. The first-order valence-corrected chi connectivity index (χ1v) is 10.5. The van der Waals surface area contributed by atoms with Gasteiger partial charge in [0.1, 0.15) is 0 Å². The topological polar surface area (TPSA) is 39.7 Å². The summed E-state index contributed by atoms with van der Waals surface area (Å²) < 4.78 is 0. The minimum absolute atomic E-state index is 0. The van der Waals surface area contributed by atoms with Crippen LogP contribution in [-0.4, -0.2) is 43.6 Å². The molecule has 6 heteroatoms. The van der Waals surface area contributed by atoms with Gasteiger partial charge in [0, 0.05) is 30.4 Å². The lowest BCUT2D eigenvalue weighted by atomic mass is 10.1. The van der Waals surface area contributed by atoms with Crippen molar-refractivity contribution in [3.8, 4) is 0 Å². The molecule has 3 unspecified atom stereocenters. The number of benzene rings is 1. The maximum Gasteiger partial charge on any atom is 0.191 e. The maximum atomic E-state index is 4.46. The molecule has 146 valence electrons. The zero-order valence-electron chi connectivity index (χ0n) is 15.8. The number of guanidine groups is 1. The molecule has 2 aromatic rings. The van der Waals surface area contributed by atoms with Crippen molar-refractivity contribution < 1.29 is 0 Å². The van der Waals surface area contributed by atoms with E-state index in [4.69, 9.17) is 0 Å². The summed E-state index contributed by atoms with van der Waals surface area (Å²) in [7, 11) is 1.87. The summed E-state index contributed by atoms with van der Waals surface area (Å²) in [6.07, 6.45) is 3.82. The van der Waals surface area contributed by atoms with E-state index in [1.54, 1.807) is 0 Å². The Labute approximate surface area is 183 Å². The molecule has 27 heavy (non-hydrogen) atoms. The van der Waals surface area contributed by atoms with Crippen LogP contribution in [0.3, 0.4) is 0 Å². The fraction of sp³-hybridized carbons (Fsp3) is 0.476. The predicted molar refractivity (Wildman–Crippen MR) is 125 cm³/mol. The Bertz CT molecular complexity index is 713. The molecule has 1 aliphatic carbocycles. The van der Waals surface area contributed by atoms with Gasteiger partial charge >= 0.3 is 0 Å². The van der Waals surface area contributed by atoms with Gasteiger partial charge in [0.15, 0.2) is 5.96 Å². The number of nitrogens with zero attached hydrogens (tertiary/aromatic N) is 2. The van der Waals surface area contributed by atoms with E-state index in [2.05, 4.69) is 68.4 Å². The lowest BCUT2D eigenvalue weighted by Gasteiger charge is -2.27. The Morgan fingerprint density at radius 2 is 1.96 bits per heavy atom. The third-order valence-corrected chi connectivity index (χ3v) is 6.45.